The van der Waals surface area contributed by atoms with Crippen molar-refractivity contribution in [3.63, 3.8) is 0 Å². The van der Waals surface area contributed by atoms with E-state index in [2.05, 4.69) is 28.3 Å². The lowest BCUT2D eigenvalue weighted by Gasteiger charge is -2.12. The summed E-state index contributed by atoms with van der Waals surface area (Å²) in [7, 11) is 0. The van der Waals surface area contributed by atoms with Crippen molar-refractivity contribution in [2.24, 2.45) is 0 Å². The zero-order chi connectivity index (χ0) is 12.4. The molecule has 1 aliphatic rings. The van der Waals surface area contributed by atoms with E-state index in [1.807, 2.05) is 23.7 Å². The molecule has 2 aromatic rings. The van der Waals surface area contributed by atoms with E-state index in [1.54, 1.807) is 16.8 Å². The van der Waals surface area contributed by atoms with Crippen molar-refractivity contribution in [1.82, 2.24) is 9.97 Å². The molecule has 0 spiro atoms. The Morgan fingerprint density at radius 3 is 2.78 bits per heavy atom. The number of fused-ring (bicyclic) bond motifs is 1. The van der Waals surface area contributed by atoms with E-state index in [0.29, 0.717) is 6.04 Å². The second-order valence-electron chi connectivity index (χ2n) is 4.80. The molecule has 1 N–H and O–H groups in total. The molecule has 0 aromatic carbocycles. The molecule has 3 rings (SSSR count). The zero-order valence-corrected chi connectivity index (χ0v) is 11.3. The Labute approximate surface area is 111 Å². The van der Waals surface area contributed by atoms with Crippen LogP contribution in [-0.2, 0) is 12.8 Å². The van der Waals surface area contributed by atoms with Crippen LogP contribution >= 0.6 is 11.3 Å². The van der Waals surface area contributed by atoms with E-state index in [-0.39, 0.29) is 0 Å². The Balaban J connectivity index is 1.76. The van der Waals surface area contributed by atoms with Gasteiger partial charge in [0.2, 0.25) is 0 Å². The fraction of sp³-hybridized carbons (Fsp3) is 0.429. The summed E-state index contributed by atoms with van der Waals surface area (Å²) in [4.78, 5) is 11.1. The van der Waals surface area contributed by atoms with Gasteiger partial charge in [0.05, 0.1) is 24.1 Å². The summed E-state index contributed by atoms with van der Waals surface area (Å²) in [5.74, 6) is 0. The van der Waals surface area contributed by atoms with Crippen LogP contribution < -0.4 is 5.32 Å². The molecule has 1 unspecified atom stereocenters. The van der Waals surface area contributed by atoms with E-state index in [4.69, 9.17) is 0 Å². The van der Waals surface area contributed by atoms with Crippen LogP contribution in [0.1, 0.15) is 41.1 Å². The van der Waals surface area contributed by atoms with E-state index in [1.165, 1.54) is 30.6 Å². The molecular formula is C14H17N3S. The minimum Gasteiger partial charge on any atom is -0.375 e. The summed E-state index contributed by atoms with van der Waals surface area (Å²) in [5.41, 5.74) is 2.55. The molecule has 1 aliphatic carbocycles. The summed E-state index contributed by atoms with van der Waals surface area (Å²) < 4.78 is 0. The number of nitrogens with zero attached hydrogens (tertiary/aromatic N) is 2. The van der Waals surface area contributed by atoms with Gasteiger partial charge in [-0.3, -0.25) is 0 Å². The molecule has 0 radical (unpaired) electrons. The van der Waals surface area contributed by atoms with Gasteiger partial charge >= 0.3 is 0 Å². The third kappa shape index (κ3) is 2.38. The van der Waals surface area contributed by atoms with Gasteiger partial charge in [0.1, 0.15) is 6.33 Å². The van der Waals surface area contributed by atoms with Gasteiger partial charge in [-0.05, 0) is 44.2 Å². The van der Waals surface area contributed by atoms with Crippen LogP contribution in [0.2, 0.25) is 0 Å². The first-order valence-corrected chi connectivity index (χ1v) is 7.27. The van der Waals surface area contributed by atoms with Gasteiger partial charge in [0, 0.05) is 9.75 Å². The molecule has 1 atom stereocenters. The average molecular weight is 259 g/mol. The Bertz CT molecular complexity index is 498. The Morgan fingerprint density at radius 1 is 1.22 bits per heavy atom. The molecule has 4 heteroatoms. The van der Waals surface area contributed by atoms with Gasteiger partial charge in [0.15, 0.2) is 0 Å². The number of aromatic nitrogens is 2. The Hall–Kier alpha value is -1.42. The van der Waals surface area contributed by atoms with Crippen molar-refractivity contribution in [1.29, 1.82) is 0 Å². The van der Waals surface area contributed by atoms with E-state index >= 15 is 0 Å². The van der Waals surface area contributed by atoms with Crippen LogP contribution in [0.3, 0.4) is 0 Å². The predicted molar refractivity (Wildman–Crippen MR) is 75.0 cm³/mol. The van der Waals surface area contributed by atoms with Gasteiger partial charge < -0.3 is 5.32 Å². The van der Waals surface area contributed by atoms with Gasteiger partial charge in [-0.25, -0.2) is 9.97 Å². The highest BCUT2D eigenvalue weighted by Crippen LogP contribution is 2.33. The highest BCUT2D eigenvalue weighted by molar-refractivity contribution is 7.12. The lowest BCUT2D eigenvalue weighted by Crippen LogP contribution is -2.05. The summed E-state index contributed by atoms with van der Waals surface area (Å²) in [6, 6.07) is 2.70. The van der Waals surface area contributed by atoms with Crippen LogP contribution in [0.25, 0.3) is 0 Å². The molecule has 2 aromatic heterocycles. The van der Waals surface area contributed by atoms with Gasteiger partial charge in [-0.2, -0.15) is 0 Å². The second-order valence-corrected chi connectivity index (χ2v) is 5.97. The second kappa shape index (κ2) is 5.06. The van der Waals surface area contributed by atoms with E-state index in [0.717, 1.165) is 5.69 Å². The molecule has 0 saturated carbocycles. The molecule has 2 heterocycles. The average Bonchev–Trinajstić information content (AvgIpc) is 2.84. The first kappa shape index (κ1) is 11.7. The molecule has 0 bridgehead atoms. The third-order valence-electron chi connectivity index (χ3n) is 3.39. The number of anilines is 1. The number of hydrogen-bond donors (Lipinski definition) is 1. The van der Waals surface area contributed by atoms with Crippen molar-refractivity contribution >= 4 is 17.0 Å². The lowest BCUT2D eigenvalue weighted by molar-refractivity contribution is 0.696. The summed E-state index contributed by atoms with van der Waals surface area (Å²) >= 11 is 1.96. The summed E-state index contributed by atoms with van der Waals surface area (Å²) in [5, 5.41) is 3.45. The van der Waals surface area contributed by atoms with Gasteiger partial charge in [0.25, 0.3) is 0 Å². The third-order valence-corrected chi connectivity index (χ3v) is 4.81. The summed E-state index contributed by atoms with van der Waals surface area (Å²) in [6.45, 7) is 2.20. The Morgan fingerprint density at radius 2 is 2.00 bits per heavy atom. The van der Waals surface area contributed by atoms with E-state index < -0.39 is 0 Å². The van der Waals surface area contributed by atoms with Crippen LogP contribution in [0.4, 0.5) is 5.69 Å². The van der Waals surface area contributed by atoms with Crippen LogP contribution in [0, 0.1) is 0 Å². The van der Waals surface area contributed by atoms with Crippen LogP contribution in [0.15, 0.2) is 24.8 Å². The minimum atomic E-state index is 0.326. The molecular weight excluding hydrogens is 242 g/mol. The zero-order valence-electron chi connectivity index (χ0n) is 10.5. The molecule has 94 valence electrons. The van der Waals surface area contributed by atoms with Crippen molar-refractivity contribution in [2.75, 3.05) is 5.32 Å². The number of nitrogens with one attached hydrogen (secondary N) is 1. The van der Waals surface area contributed by atoms with Crippen LogP contribution in [-0.4, -0.2) is 9.97 Å². The molecule has 0 fully saturated rings. The SMILES string of the molecule is CC(Nc1cncnc1)c1cc2c(s1)CCCC2. The first-order chi connectivity index (χ1) is 8.83. The number of thiophene rings is 1. The molecule has 18 heavy (non-hydrogen) atoms. The normalized spacial score (nSPS) is 16.1. The van der Waals surface area contributed by atoms with Crippen molar-refractivity contribution in [2.45, 2.75) is 38.6 Å². The molecule has 0 amide bonds. The number of rotatable bonds is 3. The topological polar surface area (TPSA) is 37.8 Å². The number of aryl methyl sites for hydroxylation is 2. The molecule has 3 nitrogen and oxygen atoms in total. The van der Waals surface area contributed by atoms with Crippen LogP contribution in [0.5, 0.6) is 0 Å². The first-order valence-electron chi connectivity index (χ1n) is 6.46. The Kier molecular flexibility index (Phi) is 3.28. The molecule has 0 aliphatic heterocycles. The lowest BCUT2D eigenvalue weighted by atomic mass is 9.99. The quantitative estimate of drug-likeness (QED) is 0.915. The monoisotopic (exact) mass is 259 g/mol. The maximum absolute atomic E-state index is 4.03. The fourth-order valence-corrected chi connectivity index (χ4v) is 3.68. The standard InChI is InChI=1S/C14H17N3S/c1-10(17-12-7-15-9-16-8-12)14-6-11-4-2-3-5-13(11)18-14/h6-10,17H,2-5H2,1H3. The highest BCUT2D eigenvalue weighted by Gasteiger charge is 2.16. The summed E-state index contributed by atoms with van der Waals surface area (Å²) in [6.07, 6.45) is 10.4. The smallest absolute Gasteiger partial charge is 0.115 e. The minimum absolute atomic E-state index is 0.326. The highest BCUT2D eigenvalue weighted by atomic mass is 32.1. The van der Waals surface area contributed by atoms with E-state index in [9.17, 15) is 0 Å². The fourth-order valence-electron chi connectivity index (χ4n) is 2.42. The van der Waals surface area contributed by atoms with Gasteiger partial charge in [-0.1, -0.05) is 0 Å². The maximum atomic E-state index is 4.03. The molecule has 0 saturated heterocycles. The number of hydrogen-bond acceptors (Lipinski definition) is 4. The van der Waals surface area contributed by atoms with Crippen molar-refractivity contribution in [3.8, 4) is 0 Å². The predicted octanol–water partition coefficient (Wildman–Crippen LogP) is 3.59. The largest absolute Gasteiger partial charge is 0.375 e. The van der Waals surface area contributed by atoms with Gasteiger partial charge in [-0.15, -0.1) is 11.3 Å². The van der Waals surface area contributed by atoms with Crippen molar-refractivity contribution < 1.29 is 0 Å². The van der Waals surface area contributed by atoms with Crippen molar-refractivity contribution in [3.05, 3.63) is 40.1 Å². The maximum Gasteiger partial charge on any atom is 0.115 e.